The maximum absolute atomic E-state index is 12.5. The Kier molecular flexibility index (Phi) is 3.43. The second-order valence-corrected chi connectivity index (χ2v) is 4.65. The summed E-state index contributed by atoms with van der Waals surface area (Å²) >= 11 is 0. The van der Waals surface area contributed by atoms with Gasteiger partial charge in [0.25, 0.3) is 0 Å². The molecule has 5 heteroatoms. The van der Waals surface area contributed by atoms with Gasteiger partial charge in [-0.2, -0.15) is 13.2 Å². The molecule has 1 aromatic carbocycles. The maximum Gasteiger partial charge on any atom is 0.416 e. The highest BCUT2D eigenvalue weighted by Crippen LogP contribution is 2.30. The average Bonchev–Trinajstić information content (AvgIpc) is 2.24. The molecule has 98 valence electrons. The first kappa shape index (κ1) is 13.1. The number of nitrogens with one attached hydrogen (secondary N) is 1. The van der Waals surface area contributed by atoms with Crippen LogP contribution in [0.3, 0.4) is 0 Å². The van der Waals surface area contributed by atoms with Crippen LogP contribution in [0.25, 0.3) is 0 Å². The van der Waals surface area contributed by atoms with Gasteiger partial charge in [0.05, 0.1) is 5.56 Å². The summed E-state index contributed by atoms with van der Waals surface area (Å²) in [5.41, 5.74) is -0.628. The summed E-state index contributed by atoms with van der Waals surface area (Å²) in [7, 11) is 0. The van der Waals surface area contributed by atoms with Crippen molar-refractivity contribution in [2.75, 3.05) is 13.1 Å². The zero-order valence-corrected chi connectivity index (χ0v) is 9.92. The van der Waals surface area contributed by atoms with E-state index in [1.165, 1.54) is 12.1 Å². The number of halogens is 3. The fraction of sp³-hybridized carbons (Fsp3) is 0.462. The Morgan fingerprint density at radius 3 is 2.56 bits per heavy atom. The zero-order valence-electron chi connectivity index (χ0n) is 9.92. The molecule has 0 aromatic heterocycles. The maximum atomic E-state index is 12.5. The summed E-state index contributed by atoms with van der Waals surface area (Å²) in [5.74, 6) is -0.227. The first-order valence-electron chi connectivity index (χ1n) is 5.82. The summed E-state index contributed by atoms with van der Waals surface area (Å²) in [5, 5.41) is 3.05. The van der Waals surface area contributed by atoms with Gasteiger partial charge >= 0.3 is 6.18 Å². The third-order valence-electron chi connectivity index (χ3n) is 3.41. The van der Waals surface area contributed by atoms with Crippen LogP contribution in [0.4, 0.5) is 13.2 Å². The van der Waals surface area contributed by atoms with Crippen molar-refractivity contribution in [2.24, 2.45) is 11.8 Å². The number of carbonyl (C=O) groups is 1. The molecule has 1 fully saturated rings. The van der Waals surface area contributed by atoms with Crippen molar-refractivity contribution < 1.29 is 18.0 Å². The molecule has 1 unspecified atom stereocenters. The van der Waals surface area contributed by atoms with E-state index < -0.39 is 11.7 Å². The summed E-state index contributed by atoms with van der Waals surface area (Å²) in [6.45, 7) is 3.28. The lowest BCUT2D eigenvalue weighted by molar-refractivity contribution is -0.137. The van der Waals surface area contributed by atoms with Crippen molar-refractivity contribution in [1.82, 2.24) is 5.32 Å². The fourth-order valence-electron chi connectivity index (χ4n) is 1.99. The van der Waals surface area contributed by atoms with E-state index in [1.807, 2.05) is 0 Å². The van der Waals surface area contributed by atoms with Crippen LogP contribution in [0.5, 0.6) is 0 Å². The van der Waals surface area contributed by atoms with Gasteiger partial charge in [-0.05, 0) is 31.1 Å². The van der Waals surface area contributed by atoms with Crippen molar-refractivity contribution in [3.05, 3.63) is 35.4 Å². The summed E-state index contributed by atoms with van der Waals surface area (Å²) < 4.78 is 37.6. The van der Waals surface area contributed by atoms with Gasteiger partial charge in [0.15, 0.2) is 5.78 Å². The highest BCUT2D eigenvalue weighted by Gasteiger charge is 2.33. The molecule has 0 amide bonds. The predicted molar refractivity (Wildman–Crippen MR) is 61.3 cm³/mol. The largest absolute Gasteiger partial charge is 0.416 e. The molecule has 1 atom stereocenters. The smallest absolute Gasteiger partial charge is 0.316 e. The van der Waals surface area contributed by atoms with E-state index in [-0.39, 0.29) is 23.2 Å². The number of carbonyl (C=O) groups excluding carboxylic acids is 1. The topological polar surface area (TPSA) is 29.1 Å². The number of rotatable bonds is 3. The lowest BCUT2D eigenvalue weighted by atomic mass is 9.83. The molecule has 0 radical (unpaired) electrons. The highest BCUT2D eigenvalue weighted by molar-refractivity contribution is 5.98. The van der Waals surface area contributed by atoms with Gasteiger partial charge < -0.3 is 5.32 Å². The van der Waals surface area contributed by atoms with Crippen LogP contribution in [-0.2, 0) is 6.18 Å². The van der Waals surface area contributed by atoms with Crippen LogP contribution in [0.15, 0.2) is 24.3 Å². The lowest BCUT2D eigenvalue weighted by Gasteiger charge is -2.31. The number of benzene rings is 1. The average molecular weight is 257 g/mol. The normalized spacial score (nSPS) is 18.2. The van der Waals surface area contributed by atoms with Gasteiger partial charge in [0, 0.05) is 11.5 Å². The monoisotopic (exact) mass is 257 g/mol. The molecule has 0 saturated carbocycles. The Morgan fingerprint density at radius 1 is 1.39 bits per heavy atom. The van der Waals surface area contributed by atoms with Crippen LogP contribution >= 0.6 is 0 Å². The van der Waals surface area contributed by atoms with E-state index in [2.05, 4.69) is 5.32 Å². The zero-order chi connectivity index (χ0) is 13.3. The Labute approximate surface area is 103 Å². The van der Waals surface area contributed by atoms with Gasteiger partial charge in [-0.3, -0.25) is 4.79 Å². The lowest BCUT2D eigenvalue weighted by Crippen LogP contribution is -2.47. The molecular formula is C13H14F3NO. The quantitative estimate of drug-likeness (QED) is 0.844. The number of ketones is 1. The van der Waals surface area contributed by atoms with Crippen LogP contribution in [-0.4, -0.2) is 18.9 Å². The number of alkyl halides is 3. The molecule has 0 aliphatic carbocycles. The van der Waals surface area contributed by atoms with Crippen LogP contribution in [0.1, 0.15) is 22.8 Å². The van der Waals surface area contributed by atoms with Crippen molar-refractivity contribution in [2.45, 2.75) is 13.1 Å². The first-order valence-corrected chi connectivity index (χ1v) is 5.82. The molecule has 1 aliphatic heterocycles. The summed E-state index contributed by atoms with van der Waals surface area (Å²) in [4.78, 5) is 12.1. The second kappa shape index (κ2) is 4.72. The fourth-order valence-corrected chi connectivity index (χ4v) is 1.99. The highest BCUT2D eigenvalue weighted by atomic mass is 19.4. The third kappa shape index (κ3) is 2.56. The summed E-state index contributed by atoms with van der Waals surface area (Å²) in [6, 6.07) is 4.64. The van der Waals surface area contributed by atoms with E-state index in [4.69, 9.17) is 0 Å². The Morgan fingerprint density at radius 2 is 2.06 bits per heavy atom. The minimum atomic E-state index is -4.41. The Bertz CT molecular complexity index is 452. The van der Waals surface area contributed by atoms with E-state index in [9.17, 15) is 18.0 Å². The minimum absolute atomic E-state index is 0.143. The number of hydrogen-bond acceptors (Lipinski definition) is 2. The minimum Gasteiger partial charge on any atom is -0.316 e. The molecule has 0 spiro atoms. The molecule has 18 heavy (non-hydrogen) atoms. The van der Waals surface area contributed by atoms with E-state index in [0.29, 0.717) is 0 Å². The standard InChI is InChI=1S/C13H14F3NO/c1-8(10-6-17-7-10)12(18)9-3-2-4-11(5-9)13(14,15)16/h2-5,8,10,17H,6-7H2,1H3. The third-order valence-corrected chi connectivity index (χ3v) is 3.41. The first-order chi connectivity index (χ1) is 8.39. The molecule has 2 rings (SSSR count). The van der Waals surface area contributed by atoms with Crippen molar-refractivity contribution in [3.8, 4) is 0 Å². The van der Waals surface area contributed by atoms with E-state index in [1.54, 1.807) is 6.92 Å². The van der Waals surface area contributed by atoms with Gasteiger partial charge in [0.1, 0.15) is 0 Å². The van der Waals surface area contributed by atoms with Crippen molar-refractivity contribution in [1.29, 1.82) is 0 Å². The molecule has 2 nitrogen and oxygen atoms in total. The van der Waals surface area contributed by atoms with E-state index >= 15 is 0 Å². The SMILES string of the molecule is CC(C(=O)c1cccc(C(F)(F)F)c1)C1CNC1. The van der Waals surface area contributed by atoms with E-state index in [0.717, 1.165) is 25.2 Å². The van der Waals surface area contributed by atoms with Crippen LogP contribution < -0.4 is 5.32 Å². The van der Waals surface area contributed by atoms with Gasteiger partial charge in [-0.1, -0.05) is 19.1 Å². The summed E-state index contributed by atoms with van der Waals surface area (Å²) in [6.07, 6.45) is -4.41. The van der Waals surface area contributed by atoms with Gasteiger partial charge in [-0.25, -0.2) is 0 Å². The van der Waals surface area contributed by atoms with Crippen LogP contribution in [0, 0.1) is 11.8 Å². The molecule has 0 bridgehead atoms. The molecule has 1 aliphatic rings. The van der Waals surface area contributed by atoms with Gasteiger partial charge in [0.2, 0.25) is 0 Å². The molecule has 1 saturated heterocycles. The molecular weight excluding hydrogens is 243 g/mol. The number of Topliss-reactive ketones (excluding diaryl/α,β-unsaturated/α-hetero) is 1. The molecule has 1 heterocycles. The number of hydrogen-bond donors (Lipinski definition) is 1. The Hall–Kier alpha value is -1.36. The van der Waals surface area contributed by atoms with Crippen molar-refractivity contribution in [3.63, 3.8) is 0 Å². The van der Waals surface area contributed by atoms with Crippen molar-refractivity contribution >= 4 is 5.78 Å². The molecule has 1 N–H and O–H groups in total. The second-order valence-electron chi connectivity index (χ2n) is 4.65. The predicted octanol–water partition coefficient (Wildman–Crippen LogP) is 2.74. The molecule has 1 aromatic rings. The van der Waals surface area contributed by atoms with Crippen LogP contribution in [0.2, 0.25) is 0 Å². The van der Waals surface area contributed by atoms with Gasteiger partial charge in [-0.15, -0.1) is 0 Å². The Balaban J connectivity index is 2.20.